The Kier molecular flexibility index (Phi) is 36.1. The predicted octanol–water partition coefficient (Wildman–Crippen LogP) is -6.81. The molecule has 0 radical (unpaired) electrons. The van der Waals surface area contributed by atoms with Crippen molar-refractivity contribution in [2.75, 3.05) is 0 Å². The molecule has 0 spiro atoms. The molecular weight excluding hydrogens is 158 g/mol. The summed E-state index contributed by atoms with van der Waals surface area (Å²) in [5.41, 5.74) is 0. The van der Waals surface area contributed by atoms with Gasteiger partial charge in [-0.25, -0.2) is 0 Å². The van der Waals surface area contributed by atoms with E-state index >= 15 is 0 Å². The van der Waals surface area contributed by atoms with Crippen LogP contribution in [0.5, 0.6) is 0 Å². The topological polar surface area (TPSA) is 172 Å². The van der Waals surface area contributed by atoms with Crippen LogP contribution in [0.15, 0.2) is 0 Å². The molecular formula is H4BN2NaO6-2. The van der Waals surface area contributed by atoms with E-state index in [0.717, 1.165) is 0 Å². The third-order valence-electron chi connectivity index (χ3n) is 0. The van der Waals surface area contributed by atoms with Crippen LogP contribution in [-0.4, -0.2) is 12.4 Å². The number of quaternary nitrogens is 1. The van der Waals surface area contributed by atoms with Crippen molar-refractivity contribution in [3.8, 4) is 0 Å². The van der Waals surface area contributed by atoms with Crippen molar-refractivity contribution in [2.45, 2.75) is 0 Å². The zero-order valence-electron chi connectivity index (χ0n) is 5.47. The van der Waals surface area contributed by atoms with Crippen LogP contribution in [-0.2, 0) is 0 Å². The van der Waals surface area contributed by atoms with E-state index in [2.05, 4.69) is 0 Å². The number of rotatable bonds is 0. The molecule has 10 heavy (non-hydrogen) atoms. The summed E-state index contributed by atoms with van der Waals surface area (Å²) in [6.07, 6.45) is 0. The summed E-state index contributed by atoms with van der Waals surface area (Å²) < 4.78 is 0. The molecule has 56 valence electrons. The summed E-state index contributed by atoms with van der Waals surface area (Å²) in [6.45, 7) is 0. The van der Waals surface area contributed by atoms with Crippen LogP contribution in [0.25, 0.3) is 0 Å². The second-order valence-electron chi connectivity index (χ2n) is 0.512. The molecule has 0 atom stereocenters. The zero-order valence-corrected chi connectivity index (χ0v) is 7.47. The summed E-state index contributed by atoms with van der Waals surface area (Å²) in [5.74, 6) is 0. The smallest absolute Gasteiger partial charge is 0.907 e. The second-order valence-corrected chi connectivity index (χ2v) is 0.512. The molecule has 8 nitrogen and oxygen atoms in total. The first-order valence-electron chi connectivity index (χ1n) is 1.25. The van der Waals surface area contributed by atoms with Gasteiger partial charge in [0, 0.05) is 0 Å². The Morgan fingerprint density at radius 1 is 1.10 bits per heavy atom. The van der Waals surface area contributed by atoms with E-state index < -0.39 is 12.4 Å². The van der Waals surface area contributed by atoms with Crippen molar-refractivity contribution in [1.29, 1.82) is 0 Å². The molecule has 0 aliphatic rings. The van der Waals surface area contributed by atoms with E-state index in [1.807, 2.05) is 0 Å². The first kappa shape index (κ1) is 22.5. The largest absolute Gasteiger partial charge is 1.00 e. The Morgan fingerprint density at radius 3 is 1.10 bits per heavy atom. The maximum Gasteiger partial charge on any atom is 1.00 e. The van der Waals surface area contributed by atoms with Crippen LogP contribution in [0.4, 0.5) is 0 Å². The standard InChI is InChI=1S/BO3.NO3.H3N.Na/c2*2-1(3)4;;/h;;1H3;/q-3;-1;;+1/p+1. The van der Waals surface area contributed by atoms with Gasteiger partial charge < -0.3 is 36.5 Å². The Morgan fingerprint density at radius 2 is 1.10 bits per heavy atom. The summed E-state index contributed by atoms with van der Waals surface area (Å²) in [6, 6.07) is 0. The molecule has 0 aromatic rings. The van der Waals surface area contributed by atoms with E-state index in [4.69, 9.17) is 30.4 Å². The minimum absolute atomic E-state index is 0. The van der Waals surface area contributed by atoms with E-state index in [9.17, 15) is 0 Å². The maximum atomic E-state index is 8.42. The molecule has 0 rings (SSSR count). The fraction of sp³-hybridized carbons (Fsp3) is 0. The van der Waals surface area contributed by atoms with Gasteiger partial charge in [0.2, 0.25) is 0 Å². The number of hydrogen-bond donors (Lipinski definition) is 1. The number of hydrogen-bond acceptors (Lipinski definition) is 6. The summed E-state index contributed by atoms with van der Waals surface area (Å²) in [5, 5.41) is 40.0. The molecule has 0 aliphatic carbocycles. The van der Waals surface area contributed by atoms with E-state index in [1.54, 1.807) is 0 Å². The van der Waals surface area contributed by atoms with Crippen molar-refractivity contribution in [2.24, 2.45) is 0 Å². The van der Waals surface area contributed by atoms with Crippen molar-refractivity contribution in [3.05, 3.63) is 15.3 Å². The normalized spacial score (nSPS) is 5.10. The predicted molar refractivity (Wildman–Crippen MR) is 22.1 cm³/mol. The van der Waals surface area contributed by atoms with Gasteiger partial charge in [0.05, 0.1) is 5.09 Å². The van der Waals surface area contributed by atoms with Crippen LogP contribution in [0, 0.1) is 15.3 Å². The first-order valence-corrected chi connectivity index (χ1v) is 1.25. The minimum Gasteiger partial charge on any atom is -0.907 e. The average molecular weight is 162 g/mol. The second kappa shape index (κ2) is 16.0. The molecule has 0 heterocycles. The molecule has 0 aliphatic heterocycles. The van der Waals surface area contributed by atoms with Crippen molar-refractivity contribution in [3.63, 3.8) is 0 Å². The number of nitrogens with zero attached hydrogens (tertiary/aromatic N) is 1. The quantitative estimate of drug-likeness (QED) is 0.210. The van der Waals surface area contributed by atoms with Gasteiger partial charge in [0.25, 0.3) is 0 Å². The zero-order chi connectivity index (χ0) is 7.15. The average Bonchev–Trinajstić information content (AvgIpc) is 1.25. The molecule has 0 fully saturated rings. The minimum atomic E-state index is -2.92. The summed E-state index contributed by atoms with van der Waals surface area (Å²) in [4.78, 5) is 8.25. The van der Waals surface area contributed by atoms with E-state index in [1.165, 1.54) is 0 Å². The van der Waals surface area contributed by atoms with Crippen LogP contribution < -0.4 is 50.8 Å². The Balaban J connectivity index is -0.0000000300. The van der Waals surface area contributed by atoms with E-state index in [-0.39, 0.29) is 35.7 Å². The van der Waals surface area contributed by atoms with Gasteiger partial charge in [-0.15, -0.1) is 0 Å². The van der Waals surface area contributed by atoms with Gasteiger partial charge in [0.1, 0.15) is 0 Å². The SMILES string of the molecule is O=[N+]([O-])[O-].[NH4+].[Na+].[O-]B([O-])[O-]. The maximum absolute atomic E-state index is 8.42. The Labute approximate surface area is 78.6 Å². The molecule has 0 unspecified atom stereocenters. The third-order valence-corrected chi connectivity index (χ3v) is 0. The van der Waals surface area contributed by atoms with E-state index in [0.29, 0.717) is 0 Å². The monoisotopic (exact) mass is 162 g/mol. The van der Waals surface area contributed by atoms with Gasteiger partial charge in [-0.2, -0.15) is 0 Å². The van der Waals surface area contributed by atoms with Crippen molar-refractivity contribution >= 4 is 7.32 Å². The molecule has 10 heteroatoms. The molecule has 0 aromatic carbocycles. The van der Waals surface area contributed by atoms with Crippen molar-refractivity contribution < 1.29 is 49.7 Å². The molecule has 0 amide bonds. The third kappa shape index (κ3) is 37200. The van der Waals surface area contributed by atoms with Crippen molar-refractivity contribution in [1.82, 2.24) is 6.15 Å². The Hall–Kier alpha value is 0.105. The van der Waals surface area contributed by atoms with Crippen LogP contribution >= 0.6 is 0 Å². The molecule has 4 N–H and O–H groups in total. The first-order chi connectivity index (χ1) is 3.46. The molecule has 0 bridgehead atoms. The van der Waals surface area contributed by atoms with Gasteiger partial charge in [0.15, 0.2) is 0 Å². The molecule has 0 saturated carbocycles. The van der Waals surface area contributed by atoms with Gasteiger partial charge in [-0.05, 0) is 0 Å². The fourth-order valence-corrected chi connectivity index (χ4v) is 0. The summed E-state index contributed by atoms with van der Waals surface area (Å²) >= 11 is 0. The fourth-order valence-electron chi connectivity index (χ4n) is 0. The van der Waals surface area contributed by atoms with Crippen LogP contribution in [0.1, 0.15) is 0 Å². The van der Waals surface area contributed by atoms with Gasteiger partial charge in [-0.3, -0.25) is 7.32 Å². The molecule has 0 saturated heterocycles. The molecule has 0 aromatic heterocycles. The summed E-state index contributed by atoms with van der Waals surface area (Å²) in [7, 11) is -2.92. The van der Waals surface area contributed by atoms with Gasteiger partial charge >= 0.3 is 29.6 Å². The van der Waals surface area contributed by atoms with Gasteiger partial charge in [-0.1, -0.05) is 0 Å². The van der Waals surface area contributed by atoms with Crippen LogP contribution in [0.3, 0.4) is 0 Å². The Bertz CT molecular complexity index is 60.0. The van der Waals surface area contributed by atoms with Crippen LogP contribution in [0.2, 0.25) is 0 Å².